The van der Waals surface area contributed by atoms with Crippen LogP contribution in [0.2, 0.25) is 0 Å². The van der Waals surface area contributed by atoms with Crippen LogP contribution in [0.25, 0.3) is 0 Å². The third kappa shape index (κ3) is 3.93. The second kappa shape index (κ2) is 7.24. The lowest BCUT2D eigenvalue weighted by Crippen LogP contribution is -2.44. The summed E-state index contributed by atoms with van der Waals surface area (Å²) in [4.78, 5) is 11.9. The van der Waals surface area contributed by atoms with E-state index in [1.807, 2.05) is 6.92 Å². The second-order valence-corrected chi connectivity index (χ2v) is 4.97. The Balaban J connectivity index is 1.83. The van der Waals surface area contributed by atoms with E-state index in [0.717, 1.165) is 19.4 Å². The molecule has 1 aliphatic rings. The highest BCUT2D eigenvalue weighted by Gasteiger charge is 2.22. The number of benzene rings is 1. The van der Waals surface area contributed by atoms with Crippen LogP contribution in [0.4, 0.5) is 4.39 Å². The van der Waals surface area contributed by atoms with Crippen LogP contribution < -0.4 is 15.4 Å². The molecule has 1 aromatic rings. The maximum Gasteiger partial charge on any atom is 0.237 e. The second-order valence-electron chi connectivity index (χ2n) is 4.97. The SMILES string of the molecule is CC[C@@H](CNC(=O)[C@H]1CCCN1)Oc1ccccc1F. The fraction of sp³-hybridized carbons (Fsp3) is 0.533. The van der Waals surface area contributed by atoms with Gasteiger partial charge in [-0.3, -0.25) is 4.79 Å². The van der Waals surface area contributed by atoms with Crippen molar-refractivity contribution >= 4 is 5.91 Å². The van der Waals surface area contributed by atoms with Crippen molar-refractivity contribution in [3.8, 4) is 5.75 Å². The minimum absolute atomic E-state index is 0.00177. The van der Waals surface area contributed by atoms with E-state index in [0.29, 0.717) is 13.0 Å². The Hall–Kier alpha value is -1.62. The van der Waals surface area contributed by atoms with Gasteiger partial charge in [-0.1, -0.05) is 19.1 Å². The van der Waals surface area contributed by atoms with Crippen molar-refractivity contribution in [2.75, 3.05) is 13.1 Å². The van der Waals surface area contributed by atoms with E-state index in [-0.39, 0.29) is 29.6 Å². The minimum atomic E-state index is -0.380. The highest BCUT2D eigenvalue weighted by atomic mass is 19.1. The van der Waals surface area contributed by atoms with Gasteiger partial charge in [0.05, 0.1) is 12.6 Å². The van der Waals surface area contributed by atoms with Crippen LogP contribution in [0.5, 0.6) is 5.75 Å². The van der Waals surface area contributed by atoms with Crippen molar-refractivity contribution in [2.24, 2.45) is 0 Å². The average Bonchev–Trinajstić information content (AvgIpc) is 2.99. The first-order chi connectivity index (χ1) is 9.70. The van der Waals surface area contributed by atoms with Gasteiger partial charge in [-0.2, -0.15) is 0 Å². The molecule has 2 rings (SSSR count). The van der Waals surface area contributed by atoms with Crippen LogP contribution in [-0.4, -0.2) is 31.1 Å². The Morgan fingerprint density at radius 3 is 3.00 bits per heavy atom. The molecule has 0 aromatic heterocycles. The van der Waals surface area contributed by atoms with Gasteiger partial charge in [0, 0.05) is 0 Å². The smallest absolute Gasteiger partial charge is 0.237 e. The van der Waals surface area contributed by atoms with Gasteiger partial charge in [-0.05, 0) is 37.9 Å². The predicted octanol–water partition coefficient (Wildman–Crippen LogP) is 1.85. The third-order valence-corrected chi connectivity index (χ3v) is 3.47. The first-order valence-electron chi connectivity index (χ1n) is 7.13. The minimum Gasteiger partial charge on any atom is -0.486 e. The van der Waals surface area contributed by atoms with E-state index >= 15 is 0 Å². The molecule has 1 aliphatic heterocycles. The van der Waals surface area contributed by atoms with Gasteiger partial charge in [0.2, 0.25) is 5.91 Å². The highest BCUT2D eigenvalue weighted by molar-refractivity contribution is 5.82. The number of carbonyl (C=O) groups excluding carboxylic acids is 1. The molecule has 1 aromatic carbocycles. The number of para-hydroxylation sites is 1. The molecule has 1 amide bonds. The largest absolute Gasteiger partial charge is 0.486 e. The molecular formula is C15H21FN2O2. The average molecular weight is 280 g/mol. The Morgan fingerprint density at radius 1 is 1.55 bits per heavy atom. The van der Waals surface area contributed by atoms with E-state index in [4.69, 9.17) is 4.74 Å². The normalized spacial score (nSPS) is 19.6. The Bertz CT molecular complexity index is 447. The lowest BCUT2D eigenvalue weighted by molar-refractivity contribution is -0.123. The quantitative estimate of drug-likeness (QED) is 0.836. The fourth-order valence-electron chi connectivity index (χ4n) is 2.24. The number of ether oxygens (including phenoxy) is 1. The van der Waals surface area contributed by atoms with E-state index in [1.165, 1.54) is 6.07 Å². The molecule has 20 heavy (non-hydrogen) atoms. The number of rotatable bonds is 6. The van der Waals surface area contributed by atoms with Crippen LogP contribution >= 0.6 is 0 Å². The Labute approximate surface area is 118 Å². The Kier molecular flexibility index (Phi) is 5.35. The summed E-state index contributed by atoms with van der Waals surface area (Å²) in [6.45, 7) is 3.23. The van der Waals surface area contributed by atoms with Gasteiger partial charge in [0.25, 0.3) is 0 Å². The molecule has 0 radical (unpaired) electrons. The third-order valence-electron chi connectivity index (χ3n) is 3.47. The van der Waals surface area contributed by atoms with Crippen LogP contribution in [0.15, 0.2) is 24.3 Å². The van der Waals surface area contributed by atoms with Crippen molar-refractivity contribution in [2.45, 2.75) is 38.3 Å². The summed E-state index contributed by atoms with van der Waals surface area (Å²) in [5.41, 5.74) is 0. The van der Waals surface area contributed by atoms with Gasteiger partial charge in [-0.15, -0.1) is 0 Å². The molecule has 4 nitrogen and oxygen atoms in total. The number of hydrogen-bond acceptors (Lipinski definition) is 3. The fourth-order valence-corrected chi connectivity index (χ4v) is 2.24. The zero-order chi connectivity index (χ0) is 14.4. The number of halogens is 1. The van der Waals surface area contributed by atoms with Gasteiger partial charge in [0.1, 0.15) is 6.10 Å². The number of nitrogens with one attached hydrogen (secondary N) is 2. The van der Waals surface area contributed by atoms with Crippen molar-refractivity contribution in [3.63, 3.8) is 0 Å². The summed E-state index contributed by atoms with van der Waals surface area (Å²) >= 11 is 0. The first kappa shape index (κ1) is 14.8. The van der Waals surface area contributed by atoms with Crippen LogP contribution in [0.1, 0.15) is 26.2 Å². The molecule has 0 saturated carbocycles. The van der Waals surface area contributed by atoms with Crippen LogP contribution in [0, 0.1) is 5.82 Å². The zero-order valence-electron chi connectivity index (χ0n) is 11.7. The topological polar surface area (TPSA) is 50.4 Å². The maximum atomic E-state index is 13.5. The van der Waals surface area contributed by atoms with Crippen LogP contribution in [-0.2, 0) is 4.79 Å². The molecule has 0 spiro atoms. The molecule has 2 atom stereocenters. The van der Waals surface area contributed by atoms with Gasteiger partial charge >= 0.3 is 0 Å². The maximum absolute atomic E-state index is 13.5. The van der Waals surface area contributed by atoms with E-state index in [2.05, 4.69) is 10.6 Å². The number of hydrogen-bond donors (Lipinski definition) is 2. The molecular weight excluding hydrogens is 259 g/mol. The van der Waals surface area contributed by atoms with E-state index in [9.17, 15) is 9.18 Å². The molecule has 110 valence electrons. The molecule has 1 fully saturated rings. The van der Waals surface area contributed by atoms with Gasteiger partial charge < -0.3 is 15.4 Å². The molecule has 5 heteroatoms. The summed E-state index contributed by atoms with van der Waals surface area (Å²) < 4.78 is 19.1. The lowest BCUT2D eigenvalue weighted by atomic mass is 10.2. The zero-order valence-corrected chi connectivity index (χ0v) is 11.7. The van der Waals surface area contributed by atoms with Crippen molar-refractivity contribution in [3.05, 3.63) is 30.1 Å². The monoisotopic (exact) mass is 280 g/mol. The summed E-state index contributed by atoms with van der Waals surface area (Å²) in [7, 11) is 0. The molecule has 2 N–H and O–H groups in total. The summed E-state index contributed by atoms with van der Waals surface area (Å²) in [6.07, 6.45) is 2.38. The van der Waals surface area contributed by atoms with Gasteiger partial charge in [-0.25, -0.2) is 4.39 Å². The predicted molar refractivity (Wildman–Crippen MR) is 75.1 cm³/mol. The first-order valence-corrected chi connectivity index (χ1v) is 7.13. The van der Waals surface area contributed by atoms with Crippen molar-refractivity contribution in [1.29, 1.82) is 0 Å². The van der Waals surface area contributed by atoms with E-state index < -0.39 is 0 Å². The van der Waals surface area contributed by atoms with Crippen molar-refractivity contribution in [1.82, 2.24) is 10.6 Å². The molecule has 0 aliphatic carbocycles. The van der Waals surface area contributed by atoms with Crippen LogP contribution in [0.3, 0.4) is 0 Å². The number of amides is 1. The molecule has 1 saturated heterocycles. The lowest BCUT2D eigenvalue weighted by Gasteiger charge is -2.19. The Morgan fingerprint density at radius 2 is 2.35 bits per heavy atom. The molecule has 0 bridgehead atoms. The molecule has 1 heterocycles. The summed E-state index contributed by atoms with van der Waals surface area (Å²) in [6, 6.07) is 6.21. The molecule has 0 unspecified atom stereocenters. The van der Waals surface area contributed by atoms with E-state index in [1.54, 1.807) is 18.2 Å². The summed E-state index contributed by atoms with van der Waals surface area (Å²) in [5, 5.41) is 6.01. The highest BCUT2D eigenvalue weighted by Crippen LogP contribution is 2.17. The number of carbonyl (C=O) groups is 1. The standard InChI is InChI=1S/C15H21FN2O2/c1-2-11(20-14-8-4-3-6-12(14)16)10-18-15(19)13-7-5-9-17-13/h3-4,6,8,11,13,17H,2,5,7,9-10H2,1H3,(H,18,19)/t11-,13+/m0/s1. The van der Waals surface area contributed by atoms with Gasteiger partial charge in [0.15, 0.2) is 11.6 Å². The van der Waals surface area contributed by atoms with Crippen molar-refractivity contribution < 1.29 is 13.9 Å². The summed E-state index contributed by atoms with van der Waals surface area (Å²) in [5.74, 6) is -0.152.